The number of alkyl halides is 1. The van der Waals surface area contributed by atoms with Gasteiger partial charge >= 0.3 is 0 Å². The summed E-state index contributed by atoms with van der Waals surface area (Å²) in [4.78, 5) is 4.00. The first kappa shape index (κ1) is 14.1. The summed E-state index contributed by atoms with van der Waals surface area (Å²) in [7, 11) is 0. The van der Waals surface area contributed by atoms with Crippen molar-refractivity contribution in [3.05, 3.63) is 29.0 Å². The summed E-state index contributed by atoms with van der Waals surface area (Å²) in [6.45, 7) is 3.08. The summed E-state index contributed by atoms with van der Waals surface area (Å²) >= 11 is 12.3. The maximum atomic E-state index is 6.18. The fourth-order valence-electron chi connectivity index (χ4n) is 2.50. The predicted octanol–water partition coefficient (Wildman–Crippen LogP) is 4.01. The molecule has 1 saturated carbocycles. The van der Waals surface area contributed by atoms with Crippen LogP contribution in [0.2, 0.25) is 5.02 Å². The van der Waals surface area contributed by atoms with Crippen LogP contribution in [0.5, 0.6) is 0 Å². The van der Waals surface area contributed by atoms with Crippen LogP contribution in [0.25, 0.3) is 0 Å². The Morgan fingerprint density at radius 3 is 2.78 bits per heavy atom. The van der Waals surface area contributed by atoms with Crippen molar-refractivity contribution in [3.63, 3.8) is 0 Å². The zero-order valence-corrected chi connectivity index (χ0v) is 12.3. The van der Waals surface area contributed by atoms with E-state index in [1.54, 1.807) is 12.4 Å². The molecule has 0 bridgehead atoms. The van der Waals surface area contributed by atoms with Gasteiger partial charge < -0.3 is 5.32 Å². The molecule has 4 heteroatoms. The molecule has 0 spiro atoms. The second kappa shape index (κ2) is 6.23. The quantitative estimate of drug-likeness (QED) is 0.846. The molecular weight excluding hydrogens is 267 g/mol. The highest BCUT2D eigenvalue weighted by atomic mass is 35.5. The van der Waals surface area contributed by atoms with Gasteiger partial charge in [-0.1, -0.05) is 18.5 Å². The van der Waals surface area contributed by atoms with Gasteiger partial charge in [-0.05, 0) is 43.2 Å². The van der Waals surface area contributed by atoms with Crippen molar-refractivity contribution in [1.82, 2.24) is 10.3 Å². The van der Waals surface area contributed by atoms with E-state index in [0.29, 0.717) is 5.88 Å². The lowest BCUT2D eigenvalue weighted by Crippen LogP contribution is -2.49. The van der Waals surface area contributed by atoms with Crippen LogP contribution in [0, 0.1) is 5.92 Å². The third-order valence-electron chi connectivity index (χ3n) is 4.00. The number of aromatic nitrogens is 1. The average molecular weight is 287 g/mol. The van der Waals surface area contributed by atoms with Crippen LogP contribution in [0.3, 0.4) is 0 Å². The van der Waals surface area contributed by atoms with Gasteiger partial charge in [0.05, 0.1) is 5.02 Å². The molecule has 0 unspecified atom stereocenters. The number of hydrogen-bond donors (Lipinski definition) is 1. The summed E-state index contributed by atoms with van der Waals surface area (Å²) in [5.74, 6) is 1.50. The summed E-state index contributed by atoms with van der Waals surface area (Å²) in [6, 6.07) is 1.96. The molecule has 1 aliphatic carbocycles. The van der Waals surface area contributed by atoms with Crippen molar-refractivity contribution in [3.8, 4) is 0 Å². The van der Waals surface area contributed by atoms with E-state index in [1.165, 1.54) is 12.8 Å². The fraction of sp³-hybridized carbons (Fsp3) is 0.643. The highest BCUT2D eigenvalue weighted by Gasteiger charge is 2.32. The van der Waals surface area contributed by atoms with Crippen LogP contribution >= 0.6 is 23.2 Å². The van der Waals surface area contributed by atoms with Crippen LogP contribution in [-0.2, 0) is 6.54 Å². The molecule has 0 aromatic carbocycles. The first-order valence-electron chi connectivity index (χ1n) is 6.54. The molecule has 1 heterocycles. The van der Waals surface area contributed by atoms with Gasteiger partial charge in [0.25, 0.3) is 0 Å². The molecule has 0 saturated heterocycles. The van der Waals surface area contributed by atoms with Crippen molar-refractivity contribution in [2.75, 3.05) is 5.88 Å². The first-order valence-corrected chi connectivity index (χ1v) is 7.46. The molecule has 1 aliphatic rings. The van der Waals surface area contributed by atoms with Gasteiger partial charge in [0.15, 0.2) is 0 Å². The smallest absolute Gasteiger partial charge is 0.0634 e. The lowest BCUT2D eigenvalue weighted by atomic mass is 9.78. The van der Waals surface area contributed by atoms with Crippen LogP contribution in [0.15, 0.2) is 18.5 Å². The van der Waals surface area contributed by atoms with Crippen molar-refractivity contribution < 1.29 is 0 Å². The molecule has 1 fully saturated rings. The van der Waals surface area contributed by atoms with E-state index in [1.807, 2.05) is 6.07 Å². The van der Waals surface area contributed by atoms with Crippen LogP contribution in [0.4, 0.5) is 0 Å². The molecule has 18 heavy (non-hydrogen) atoms. The molecule has 1 N–H and O–H groups in total. The molecule has 100 valence electrons. The molecule has 0 atom stereocenters. The van der Waals surface area contributed by atoms with Crippen molar-refractivity contribution in [2.24, 2.45) is 5.92 Å². The molecule has 0 radical (unpaired) electrons. The summed E-state index contributed by atoms with van der Waals surface area (Å²) in [6.07, 6.45) is 8.28. The minimum atomic E-state index is 0.0840. The third kappa shape index (κ3) is 3.37. The lowest BCUT2D eigenvalue weighted by molar-refractivity contribution is 0.216. The highest BCUT2D eigenvalue weighted by molar-refractivity contribution is 6.31. The van der Waals surface area contributed by atoms with Gasteiger partial charge in [-0.3, -0.25) is 4.98 Å². The topological polar surface area (TPSA) is 24.9 Å². The van der Waals surface area contributed by atoms with Crippen LogP contribution < -0.4 is 5.32 Å². The van der Waals surface area contributed by atoms with E-state index in [2.05, 4.69) is 17.2 Å². The SMILES string of the molecule is CC1CCC(CCl)(NCc2ccncc2Cl)CC1. The van der Waals surface area contributed by atoms with Crippen molar-refractivity contribution >= 4 is 23.2 Å². The van der Waals surface area contributed by atoms with E-state index in [4.69, 9.17) is 23.2 Å². The lowest BCUT2D eigenvalue weighted by Gasteiger charge is -2.39. The Balaban J connectivity index is 1.97. The van der Waals surface area contributed by atoms with Gasteiger partial charge in [0.1, 0.15) is 0 Å². The van der Waals surface area contributed by atoms with Crippen molar-refractivity contribution in [2.45, 2.75) is 44.7 Å². The highest BCUT2D eigenvalue weighted by Crippen LogP contribution is 2.33. The number of hydrogen-bond acceptors (Lipinski definition) is 2. The number of halogens is 2. The number of nitrogens with one attached hydrogen (secondary N) is 1. The summed E-state index contributed by atoms with van der Waals surface area (Å²) in [5, 5.41) is 4.34. The zero-order chi connectivity index (χ0) is 13.0. The Morgan fingerprint density at radius 1 is 1.44 bits per heavy atom. The van der Waals surface area contributed by atoms with Gasteiger partial charge in [-0.15, -0.1) is 11.6 Å². The summed E-state index contributed by atoms with van der Waals surface area (Å²) in [5.41, 5.74) is 1.18. The number of rotatable bonds is 4. The van der Waals surface area contributed by atoms with E-state index in [-0.39, 0.29) is 5.54 Å². The summed E-state index contributed by atoms with van der Waals surface area (Å²) < 4.78 is 0. The Morgan fingerprint density at radius 2 is 2.17 bits per heavy atom. The Bertz CT molecular complexity index is 387. The van der Waals surface area contributed by atoms with E-state index < -0.39 is 0 Å². The molecule has 1 aromatic rings. The van der Waals surface area contributed by atoms with Gasteiger partial charge in [-0.2, -0.15) is 0 Å². The normalized spacial score (nSPS) is 28.3. The van der Waals surface area contributed by atoms with Crippen molar-refractivity contribution in [1.29, 1.82) is 0 Å². The predicted molar refractivity (Wildman–Crippen MR) is 77.2 cm³/mol. The average Bonchev–Trinajstić information content (AvgIpc) is 2.40. The minimum absolute atomic E-state index is 0.0840. The van der Waals surface area contributed by atoms with E-state index >= 15 is 0 Å². The molecule has 2 nitrogen and oxygen atoms in total. The van der Waals surface area contributed by atoms with E-state index in [9.17, 15) is 0 Å². The Hall–Kier alpha value is -0.310. The van der Waals surface area contributed by atoms with Crippen LogP contribution in [0.1, 0.15) is 38.2 Å². The Kier molecular flexibility index (Phi) is 4.88. The standard InChI is InChI=1S/C14H20Cl2N2/c1-11-2-5-14(10-15,6-3-11)18-8-12-4-7-17-9-13(12)16/h4,7,9,11,18H,2-3,5-6,8,10H2,1H3. The zero-order valence-electron chi connectivity index (χ0n) is 10.8. The van der Waals surface area contributed by atoms with Gasteiger partial charge in [0.2, 0.25) is 0 Å². The number of pyridine rings is 1. The van der Waals surface area contributed by atoms with Gasteiger partial charge in [-0.25, -0.2) is 0 Å². The third-order valence-corrected chi connectivity index (χ3v) is 4.85. The molecule has 2 rings (SSSR count). The largest absolute Gasteiger partial charge is 0.306 e. The second-order valence-electron chi connectivity index (χ2n) is 5.42. The van der Waals surface area contributed by atoms with Gasteiger partial charge in [0, 0.05) is 30.4 Å². The monoisotopic (exact) mass is 286 g/mol. The minimum Gasteiger partial charge on any atom is -0.306 e. The molecular formula is C14H20Cl2N2. The Labute approximate surface area is 119 Å². The molecule has 0 aliphatic heterocycles. The number of nitrogens with zero attached hydrogens (tertiary/aromatic N) is 1. The molecule has 1 aromatic heterocycles. The first-order chi connectivity index (χ1) is 8.65. The maximum absolute atomic E-state index is 6.18. The molecule has 0 amide bonds. The maximum Gasteiger partial charge on any atom is 0.0634 e. The fourth-order valence-corrected chi connectivity index (χ4v) is 3.05. The van der Waals surface area contributed by atoms with Crippen LogP contribution in [-0.4, -0.2) is 16.4 Å². The second-order valence-corrected chi connectivity index (χ2v) is 6.09. The van der Waals surface area contributed by atoms with E-state index in [0.717, 1.165) is 35.9 Å².